The monoisotopic (exact) mass is 484 g/mol. The van der Waals surface area contributed by atoms with Crippen LogP contribution < -0.4 is 10.2 Å². The summed E-state index contributed by atoms with van der Waals surface area (Å²) in [5.74, 6) is 0.533. The molecule has 1 aliphatic rings. The summed E-state index contributed by atoms with van der Waals surface area (Å²) in [5.41, 5.74) is 6.44. The predicted octanol–water partition coefficient (Wildman–Crippen LogP) is 6.61. The Morgan fingerprint density at radius 2 is 1.80 bits per heavy atom. The van der Waals surface area contributed by atoms with Crippen molar-refractivity contribution in [3.63, 3.8) is 0 Å². The second-order valence-electron chi connectivity index (χ2n) is 8.58. The number of aryl methyl sites for hydroxylation is 2. The fourth-order valence-electron chi connectivity index (χ4n) is 4.37. The van der Waals surface area contributed by atoms with Crippen molar-refractivity contribution in [2.75, 3.05) is 4.90 Å². The third-order valence-electron chi connectivity index (χ3n) is 6.20. The molecule has 35 heavy (non-hydrogen) atoms. The van der Waals surface area contributed by atoms with Crippen molar-refractivity contribution in [2.24, 2.45) is 0 Å². The van der Waals surface area contributed by atoms with Crippen LogP contribution in [0.25, 0.3) is 17.0 Å². The fraction of sp³-hybridized carbons (Fsp3) is 0.179. The molecular formula is C28H25FN4OS. The molecule has 1 unspecified atom stereocenters. The van der Waals surface area contributed by atoms with Crippen LogP contribution >= 0.6 is 12.2 Å². The van der Waals surface area contributed by atoms with E-state index < -0.39 is 6.04 Å². The topological polar surface area (TPSA) is 54.2 Å². The average molecular weight is 485 g/mol. The first kappa shape index (κ1) is 22.9. The van der Waals surface area contributed by atoms with Crippen LogP contribution in [0.4, 0.5) is 10.1 Å². The summed E-state index contributed by atoms with van der Waals surface area (Å²) in [6.07, 6.45) is 0.958. The Bertz CT molecular complexity index is 1430. The summed E-state index contributed by atoms with van der Waals surface area (Å²) in [5, 5.41) is 8.15. The number of nitrogens with zero attached hydrogens (tertiary/aromatic N) is 3. The Kier molecular flexibility index (Phi) is 6.17. The SMILES string of the molecule is CCc1ccc(-c2noc(C3=C(C)N(c4cccc(C)c4)C(=S)NC3c3cccc(F)c3)n2)cc1. The molecule has 1 aliphatic heterocycles. The van der Waals surface area contributed by atoms with E-state index in [2.05, 4.69) is 35.6 Å². The number of rotatable bonds is 5. The van der Waals surface area contributed by atoms with Gasteiger partial charge in [-0.3, -0.25) is 4.90 Å². The highest BCUT2D eigenvalue weighted by atomic mass is 32.1. The molecule has 0 aliphatic carbocycles. The Morgan fingerprint density at radius 1 is 1.03 bits per heavy atom. The molecule has 0 amide bonds. The van der Waals surface area contributed by atoms with E-state index in [4.69, 9.17) is 21.7 Å². The third kappa shape index (κ3) is 4.47. The van der Waals surface area contributed by atoms with Crippen molar-refractivity contribution in [3.8, 4) is 11.4 Å². The van der Waals surface area contributed by atoms with Gasteiger partial charge in [0.05, 0.1) is 11.6 Å². The molecule has 0 saturated heterocycles. The van der Waals surface area contributed by atoms with Gasteiger partial charge in [-0.15, -0.1) is 0 Å². The van der Waals surface area contributed by atoms with Crippen molar-refractivity contribution in [3.05, 3.63) is 107 Å². The van der Waals surface area contributed by atoms with Gasteiger partial charge in [-0.1, -0.05) is 60.6 Å². The molecule has 5 rings (SSSR count). The number of halogens is 1. The maximum Gasteiger partial charge on any atom is 0.258 e. The molecule has 176 valence electrons. The maximum absolute atomic E-state index is 14.2. The average Bonchev–Trinajstić information content (AvgIpc) is 3.33. The first-order valence-corrected chi connectivity index (χ1v) is 11.9. The van der Waals surface area contributed by atoms with Gasteiger partial charge >= 0.3 is 0 Å². The fourth-order valence-corrected chi connectivity index (χ4v) is 4.73. The summed E-state index contributed by atoms with van der Waals surface area (Å²) in [4.78, 5) is 6.69. The summed E-state index contributed by atoms with van der Waals surface area (Å²) in [6.45, 7) is 6.12. The molecule has 0 saturated carbocycles. The lowest BCUT2D eigenvalue weighted by atomic mass is 9.94. The number of hydrogen-bond acceptors (Lipinski definition) is 4. The standard InChI is InChI=1S/C28H25FN4OS/c1-4-19-11-13-20(14-12-19)26-31-27(34-32-26)24-18(3)33(23-10-5-7-17(2)15-23)28(35)30-25(24)21-8-6-9-22(29)16-21/h5-16,25H,4H2,1-3H3,(H,30,35). The molecule has 1 N–H and O–H groups in total. The summed E-state index contributed by atoms with van der Waals surface area (Å²) in [6, 6.07) is 22.2. The number of anilines is 1. The van der Waals surface area contributed by atoms with E-state index >= 15 is 0 Å². The summed E-state index contributed by atoms with van der Waals surface area (Å²) >= 11 is 5.77. The summed E-state index contributed by atoms with van der Waals surface area (Å²) in [7, 11) is 0. The van der Waals surface area contributed by atoms with Crippen molar-refractivity contribution in [1.82, 2.24) is 15.5 Å². The van der Waals surface area contributed by atoms with E-state index in [0.29, 0.717) is 16.8 Å². The van der Waals surface area contributed by atoms with Gasteiger partial charge in [0.15, 0.2) is 5.11 Å². The van der Waals surface area contributed by atoms with Crippen LogP contribution in [0.1, 0.15) is 42.5 Å². The predicted molar refractivity (Wildman–Crippen MR) is 140 cm³/mol. The third-order valence-corrected chi connectivity index (χ3v) is 6.50. The van der Waals surface area contributed by atoms with Crippen LogP contribution in [0.2, 0.25) is 0 Å². The van der Waals surface area contributed by atoms with Crippen molar-refractivity contribution >= 4 is 28.6 Å². The molecule has 0 bridgehead atoms. The van der Waals surface area contributed by atoms with Crippen molar-refractivity contribution < 1.29 is 8.91 Å². The normalized spacial score (nSPS) is 15.9. The van der Waals surface area contributed by atoms with Crippen LogP contribution in [-0.2, 0) is 6.42 Å². The molecule has 3 aromatic carbocycles. The summed E-state index contributed by atoms with van der Waals surface area (Å²) < 4.78 is 20.0. The number of allylic oxidation sites excluding steroid dienone is 1. The van der Waals surface area contributed by atoms with Crippen molar-refractivity contribution in [2.45, 2.75) is 33.2 Å². The van der Waals surface area contributed by atoms with Gasteiger partial charge in [0.2, 0.25) is 5.82 Å². The number of nitrogens with one attached hydrogen (secondary N) is 1. The molecule has 5 nitrogen and oxygen atoms in total. The second kappa shape index (κ2) is 9.43. The van der Waals surface area contributed by atoms with E-state index in [-0.39, 0.29) is 5.82 Å². The molecule has 4 aromatic rings. The van der Waals surface area contributed by atoms with E-state index in [1.54, 1.807) is 6.07 Å². The van der Waals surface area contributed by atoms with Gasteiger partial charge in [-0.2, -0.15) is 4.98 Å². The lowest BCUT2D eigenvalue weighted by Gasteiger charge is -2.37. The quantitative estimate of drug-likeness (QED) is 0.322. The van der Waals surface area contributed by atoms with Crippen LogP contribution in [0.15, 0.2) is 83.0 Å². The lowest BCUT2D eigenvalue weighted by molar-refractivity contribution is 0.404. The zero-order valence-corrected chi connectivity index (χ0v) is 20.6. The first-order valence-electron chi connectivity index (χ1n) is 11.5. The first-order chi connectivity index (χ1) is 16.9. The van der Waals surface area contributed by atoms with Crippen LogP contribution in [0.3, 0.4) is 0 Å². The Hall–Kier alpha value is -3.84. The zero-order valence-electron chi connectivity index (χ0n) is 19.7. The van der Waals surface area contributed by atoms with Gasteiger partial charge in [0.1, 0.15) is 5.82 Å². The molecule has 1 aromatic heterocycles. The molecule has 7 heteroatoms. The minimum absolute atomic E-state index is 0.324. The zero-order chi connectivity index (χ0) is 24.5. The maximum atomic E-state index is 14.2. The number of aromatic nitrogens is 2. The highest BCUT2D eigenvalue weighted by Crippen LogP contribution is 2.39. The van der Waals surface area contributed by atoms with Crippen molar-refractivity contribution in [1.29, 1.82) is 0 Å². The van der Waals surface area contributed by atoms with E-state index in [1.807, 2.05) is 55.1 Å². The van der Waals surface area contributed by atoms with Gasteiger partial charge in [-0.25, -0.2) is 4.39 Å². The Labute approximate surface area is 209 Å². The smallest absolute Gasteiger partial charge is 0.258 e. The van der Waals surface area contributed by atoms with Gasteiger partial charge < -0.3 is 9.84 Å². The van der Waals surface area contributed by atoms with E-state index in [9.17, 15) is 4.39 Å². The minimum atomic E-state index is -0.449. The van der Waals surface area contributed by atoms with Gasteiger partial charge in [0.25, 0.3) is 5.89 Å². The molecule has 0 fully saturated rings. The van der Waals surface area contributed by atoms with E-state index in [1.165, 1.54) is 17.7 Å². The van der Waals surface area contributed by atoms with Crippen LogP contribution in [0.5, 0.6) is 0 Å². The lowest BCUT2D eigenvalue weighted by Crippen LogP contribution is -2.46. The molecule has 0 radical (unpaired) electrons. The van der Waals surface area contributed by atoms with Crippen LogP contribution in [-0.4, -0.2) is 15.3 Å². The second-order valence-corrected chi connectivity index (χ2v) is 8.97. The molecular weight excluding hydrogens is 459 g/mol. The highest BCUT2D eigenvalue weighted by Gasteiger charge is 2.35. The Morgan fingerprint density at radius 3 is 2.51 bits per heavy atom. The number of thiocarbonyl (C=S) groups is 1. The molecule has 1 atom stereocenters. The highest BCUT2D eigenvalue weighted by molar-refractivity contribution is 7.80. The van der Waals surface area contributed by atoms with Gasteiger partial charge in [-0.05, 0) is 73.4 Å². The van der Waals surface area contributed by atoms with Gasteiger partial charge in [0, 0.05) is 16.9 Å². The minimum Gasteiger partial charge on any atom is -0.351 e. The molecule has 2 heterocycles. The molecule has 0 spiro atoms. The Balaban J connectivity index is 1.64. The largest absolute Gasteiger partial charge is 0.351 e. The number of hydrogen-bond donors (Lipinski definition) is 1. The number of benzene rings is 3. The van der Waals surface area contributed by atoms with Crippen LogP contribution in [0, 0.1) is 12.7 Å². The van der Waals surface area contributed by atoms with E-state index in [0.717, 1.165) is 40.1 Å².